The van der Waals surface area contributed by atoms with E-state index in [2.05, 4.69) is 47.9 Å². The molecule has 1 aromatic carbocycles. The zero-order valence-corrected chi connectivity index (χ0v) is 41.8. The van der Waals surface area contributed by atoms with Crippen molar-refractivity contribution in [2.24, 2.45) is 17.4 Å². The van der Waals surface area contributed by atoms with Crippen molar-refractivity contribution in [3.8, 4) is 0 Å². The number of carbonyl (C=O) groups is 12. The minimum Gasteiger partial charge on any atom is -0.481 e. The molecule has 2 heterocycles. The van der Waals surface area contributed by atoms with Gasteiger partial charge in [-0.3, -0.25) is 52.7 Å². The number of nitrogens with one attached hydrogen (secondary N) is 9. The third kappa shape index (κ3) is 21.1. The van der Waals surface area contributed by atoms with Gasteiger partial charge >= 0.3 is 11.9 Å². The maximum atomic E-state index is 14.2. The molecule has 3 rings (SSSR count). The summed E-state index contributed by atoms with van der Waals surface area (Å²) in [4.78, 5) is 157. The molecule has 0 unspecified atom stereocenters. The number of aliphatic carboxylic acids is 2. The van der Waals surface area contributed by atoms with Crippen LogP contribution >= 0.6 is 0 Å². The number of likely N-dealkylation sites (tertiary alicyclic amines) is 1. The summed E-state index contributed by atoms with van der Waals surface area (Å²) in [5, 5.41) is 51.3. The van der Waals surface area contributed by atoms with Crippen LogP contribution < -0.4 is 59.3 Å². The van der Waals surface area contributed by atoms with Crippen LogP contribution in [0.2, 0.25) is 0 Å². The molecule has 410 valence electrons. The summed E-state index contributed by atoms with van der Waals surface area (Å²) in [6.45, 7) is 4.33. The summed E-state index contributed by atoms with van der Waals surface area (Å²) in [5.74, 6) is -11.5. The minimum atomic E-state index is -1.88. The lowest BCUT2D eigenvalue weighted by molar-refractivity contribution is -0.144. The number of nitrogens with zero attached hydrogens (tertiary/aromatic N) is 1. The highest BCUT2D eigenvalue weighted by Crippen LogP contribution is 2.18. The topological polar surface area (TPSA) is 429 Å². The molecule has 0 saturated carbocycles. The molecule has 2 saturated heterocycles. The number of carbonyl (C=O) groups excluding carboxylic acids is 10. The second-order valence-electron chi connectivity index (χ2n) is 18.7. The first-order valence-electron chi connectivity index (χ1n) is 24.5. The van der Waals surface area contributed by atoms with E-state index in [9.17, 15) is 72.9 Å². The van der Waals surface area contributed by atoms with Gasteiger partial charge in [-0.2, -0.15) is 0 Å². The van der Waals surface area contributed by atoms with Crippen LogP contribution in [0.3, 0.4) is 0 Å². The Labute approximate surface area is 427 Å². The fourth-order valence-corrected chi connectivity index (χ4v) is 8.12. The van der Waals surface area contributed by atoms with Crippen molar-refractivity contribution in [2.75, 3.05) is 32.7 Å². The number of hydrogen-bond acceptors (Lipinski definition) is 15. The van der Waals surface area contributed by atoms with Gasteiger partial charge < -0.3 is 79.5 Å². The van der Waals surface area contributed by atoms with Gasteiger partial charge in [0.25, 0.3) is 0 Å². The molecule has 9 atom stereocenters. The Kier molecular flexibility index (Phi) is 25.3. The van der Waals surface area contributed by atoms with Crippen molar-refractivity contribution in [1.82, 2.24) is 52.8 Å². The Morgan fingerprint density at radius 2 is 1.35 bits per heavy atom. The van der Waals surface area contributed by atoms with Crippen molar-refractivity contribution in [2.45, 2.75) is 146 Å². The number of carboxylic acids is 2. The molecular formula is C47H72N12O15. The number of amides is 10. The van der Waals surface area contributed by atoms with Gasteiger partial charge in [-0.1, -0.05) is 44.2 Å². The number of nitrogens with two attached hydrogens (primary N) is 2. The summed E-state index contributed by atoms with van der Waals surface area (Å²) in [6.07, 6.45) is -0.817. The molecule has 2 aliphatic heterocycles. The molecule has 0 spiro atoms. The van der Waals surface area contributed by atoms with E-state index in [0.29, 0.717) is 31.4 Å². The number of hydrogen-bond donors (Lipinski definition) is 14. The van der Waals surface area contributed by atoms with E-state index in [4.69, 9.17) is 11.5 Å². The Morgan fingerprint density at radius 1 is 0.716 bits per heavy atom. The Hall–Kier alpha value is -7.26. The highest BCUT2D eigenvalue weighted by molar-refractivity contribution is 5.98. The van der Waals surface area contributed by atoms with E-state index in [-0.39, 0.29) is 51.1 Å². The van der Waals surface area contributed by atoms with Crippen molar-refractivity contribution in [3.05, 3.63) is 35.9 Å². The lowest BCUT2D eigenvalue weighted by Gasteiger charge is -2.27. The summed E-state index contributed by atoms with van der Waals surface area (Å²) in [5.41, 5.74) is 11.3. The molecular weight excluding hydrogens is 973 g/mol. The molecule has 2 aliphatic rings. The zero-order chi connectivity index (χ0) is 55.1. The van der Waals surface area contributed by atoms with Gasteiger partial charge in [0.1, 0.15) is 42.3 Å². The van der Waals surface area contributed by atoms with Gasteiger partial charge in [-0.05, 0) is 76.3 Å². The average Bonchev–Trinajstić information content (AvgIpc) is 4.02. The van der Waals surface area contributed by atoms with E-state index in [1.54, 1.807) is 44.2 Å². The van der Waals surface area contributed by atoms with Gasteiger partial charge in [0.15, 0.2) is 0 Å². The van der Waals surface area contributed by atoms with E-state index in [1.165, 1.54) is 11.8 Å². The quantitative estimate of drug-likeness (QED) is 0.0310. The van der Waals surface area contributed by atoms with E-state index >= 15 is 0 Å². The Bertz CT molecular complexity index is 2170. The highest BCUT2D eigenvalue weighted by atomic mass is 16.4. The standard InChI is InChI=1S/C47H72N12O15/c1-25(2)18-32(43(69)53-26(3)40(66)52-24-38(63)59-17-9-13-35(59)46(72)55-30(47(73)74)12-7-8-16-48)56-44(70)33(19-27-10-5-4-6-11-27)57-45(71)34(21-39(64)65)58-42(68)29(14-15-36(49)61)54-37(62)23-51-41(67)31-20-28(60)22-50-31/h4-6,10-11,25-26,28-35,50,60H,7-9,12-24,48H2,1-3H3,(H2,49,61)(H,51,67)(H,52,66)(H,53,69)(H,54,62)(H,55,72)(H,56,70)(H,57,71)(H,58,68)(H,64,65)(H,73,74)/t26-,28+,29-,30-,31-,32-,33-,34-,35-/m0/s1. The zero-order valence-electron chi connectivity index (χ0n) is 41.8. The van der Waals surface area contributed by atoms with Gasteiger partial charge in [0.2, 0.25) is 59.1 Å². The Morgan fingerprint density at radius 3 is 1.96 bits per heavy atom. The maximum absolute atomic E-state index is 14.2. The van der Waals surface area contributed by atoms with Crippen molar-refractivity contribution < 1.29 is 72.9 Å². The van der Waals surface area contributed by atoms with Crippen molar-refractivity contribution in [1.29, 1.82) is 0 Å². The van der Waals surface area contributed by atoms with Crippen LogP contribution in [0.5, 0.6) is 0 Å². The van der Waals surface area contributed by atoms with Gasteiger partial charge in [-0.25, -0.2) is 4.79 Å². The molecule has 10 amide bonds. The van der Waals surface area contributed by atoms with E-state index in [1.807, 2.05) is 0 Å². The molecule has 27 heteroatoms. The smallest absolute Gasteiger partial charge is 0.326 e. The van der Waals surface area contributed by atoms with Crippen LogP contribution in [0.25, 0.3) is 0 Å². The Balaban J connectivity index is 1.72. The second kappa shape index (κ2) is 30.7. The lowest BCUT2D eigenvalue weighted by atomic mass is 10.0. The van der Waals surface area contributed by atoms with Crippen LogP contribution in [0.1, 0.15) is 90.5 Å². The van der Waals surface area contributed by atoms with Gasteiger partial charge in [0.05, 0.1) is 31.7 Å². The van der Waals surface area contributed by atoms with Crippen molar-refractivity contribution in [3.63, 3.8) is 0 Å². The van der Waals surface area contributed by atoms with E-state index < -0.39 is 158 Å². The third-order valence-electron chi connectivity index (χ3n) is 12.0. The van der Waals surface area contributed by atoms with Gasteiger partial charge in [-0.15, -0.1) is 0 Å². The molecule has 2 fully saturated rings. The number of primary amides is 1. The molecule has 0 radical (unpaired) electrons. The van der Waals surface area contributed by atoms with Crippen LogP contribution in [0.4, 0.5) is 0 Å². The molecule has 74 heavy (non-hydrogen) atoms. The molecule has 0 bridgehead atoms. The predicted molar refractivity (Wildman–Crippen MR) is 261 cm³/mol. The van der Waals surface area contributed by atoms with Crippen LogP contribution in [-0.4, -0.2) is 178 Å². The molecule has 1 aromatic rings. The largest absolute Gasteiger partial charge is 0.481 e. The average molecular weight is 1050 g/mol. The monoisotopic (exact) mass is 1040 g/mol. The first-order chi connectivity index (χ1) is 35.0. The van der Waals surface area contributed by atoms with Crippen LogP contribution in [0, 0.1) is 5.92 Å². The predicted octanol–water partition coefficient (Wildman–Crippen LogP) is -4.90. The number of rotatable bonds is 31. The fraction of sp³-hybridized carbons (Fsp3) is 0.617. The highest BCUT2D eigenvalue weighted by Gasteiger charge is 2.37. The molecule has 16 N–H and O–H groups in total. The second-order valence-corrected chi connectivity index (χ2v) is 18.7. The number of aliphatic hydroxyl groups excluding tert-OH is 1. The number of unbranched alkanes of at least 4 members (excludes halogenated alkanes) is 1. The minimum absolute atomic E-state index is 0.0188. The SMILES string of the molecule is CC(C)C[C@H](NC(=O)[C@H](Cc1ccccc1)NC(=O)[C@H](CC(=O)O)NC(=O)[C@H](CCC(N)=O)NC(=O)CNC(=O)[C@@H]1C[C@@H](O)CN1)C(=O)N[C@@H](C)C(=O)NCC(=O)N1CCC[C@H]1C(=O)N[C@@H](CCCCN)C(=O)O. The van der Waals surface area contributed by atoms with Gasteiger partial charge in [0, 0.05) is 25.9 Å². The molecule has 27 nitrogen and oxygen atoms in total. The number of aliphatic hydroxyl groups is 1. The summed E-state index contributed by atoms with van der Waals surface area (Å²) in [7, 11) is 0. The van der Waals surface area contributed by atoms with Crippen LogP contribution in [-0.2, 0) is 64.0 Å². The number of carboxylic acid groups (broad SMARTS) is 2. The van der Waals surface area contributed by atoms with Crippen LogP contribution in [0.15, 0.2) is 30.3 Å². The normalized spacial score (nSPS) is 18.5. The van der Waals surface area contributed by atoms with E-state index in [0.717, 1.165) is 0 Å². The first kappa shape index (κ1) is 61.0. The molecule has 0 aliphatic carbocycles. The summed E-state index contributed by atoms with van der Waals surface area (Å²) >= 11 is 0. The first-order valence-corrected chi connectivity index (χ1v) is 24.5. The third-order valence-corrected chi connectivity index (χ3v) is 12.0. The maximum Gasteiger partial charge on any atom is 0.326 e. The summed E-state index contributed by atoms with van der Waals surface area (Å²) < 4.78 is 0. The number of benzene rings is 1. The number of β-amino-alcohol motifs (C(OH)–C–C–N with tert-alkyl or cyclic N) is 1. The van der Waals surface area contributed by atoms with Crippen molar-refractivity contribution >= 4 is 71.0 Å². The molecule has 0 aromatic heterocycles. The summed E-state index contributed by atoms with van der Waals surface area (Å²) in [6, 6.07) is -2.22. The fourth-order valence-electron chi connectivity index (χ4n) is 8.12. The lowest BCUT2D eigenvalue weighted by Crippen LogP contribution is -2.60.